The molecule has 0 bridgehead atoms. The molecule has 0 unspecified atom stereocenters. The predicted molar refractivity (Wildman–Crippen MR) is 66.4 cm³/mol. The molecule has 0 radical (unpaired) electrons. The van der Waals surface area contributed by atoms with Crippen molar-refractivity contribution in [3.05, 3.63) is 29.6 Å². The summed E-state index contributed by atoms with van der Waals surface area (Å²) in [5.74, 6) is 3.20. The van der Waals surface area contributed by atoms with Gasteiger partial charge in [0.25, 0.3) is 5.91 Å². The first-order valence-electron chi connectivity index (χ1n) is 5.86. The van der Waals surface area contributed by atoms with E-state index in [1.807, 2.05) is 6.92 Å². The Balaban J connectivity index is 2.15. The maximum Gasteiger partial charge on any atom is 0.256 e. The number of hydrogen-bond donors (Lipinski definition) is 0. The molecule has 17 heavy (non-hydrogen) atoms. The number of amides is 1. The van der Waals surface area contributed by atoms with Crippen molar-refractivity contribution in [2.75, 3.05) is 13.1 Å². The van der Waals surface area contributed by atoms with Gasteiger partial charge in [0.05, 0.1) is 12.1 Å². The van der Waals surface area contributed by atoms with Crippen LogP contribution in [-0.4, -0.2) is 28.9 Å². The Bertz CT molecular complexity index is 458. The molecule has 1 fully saturated rings. The van der Waals surface area contributed by atoms with Crippen LogP contribution in [0.2, 0.25) is 0 Å². The third kappa shape index (κ3) is 2.85. The molecule has 1 heterocycles. The van der Waals surface area contributed by atoms with E-state index < -0.39 is 0 Å². The molecule has 1 aromatic heterocycles. The number of carbonyl (C=O) groups is 1. The fourth-order valence-electron chi connectivity index (χ4n) is 1.82. The average Bonchev–Trinajstić information content (AvgIpc) is 3.12. The molecule has 1 amide bonds. The minimum Gasteiger partial charge on any atom is -0.327 e. The van der Waals surface area contributed by atoms with Gasteiger partial charge in [0.15, 0.2) is 0 Å². The van der Waals surface area contributed by atoms with Crippen molar-refractivity contribution >= 4 is 5.91 Å². The highest BCUT2D eigenvalue weighted by Crippen LogP contribution is 2.30. The molecule has 0 atom stereocenters. The second kappa shape index (κ2) is 5.01. The Morgan fingerprint density at radius 2 is 2.41 bits per heavy atom. The van der Waals surface area contributed by atoms with Crippen LogP contribution in [0.25, 0.3) is 0 Å². The van der Waals surface area contributed by atoms with E-state index in [1.165, 1.54) is 12.8 Å². The van der Waals surface area contributed by atoms with Crippen LogP contribution in [0.5, 0.6) is 0 Å². The second-order valence-corrected chi connectivity index (χ2v) is 4.47. The van der Waals surface area contributed by atoms with Gasteiger partial charge >= 0.3 is 0 Å². The van der Waals surface area contributed by atoms with Gasteiger partial charge in [0.2, 0.25) is 0 Å². The van der Waals surface area contributed by atoms with Crippen molar-refractivity contribution in [1.82, 2.24) is 9.88 Å². The summed E-state index contributed by atoms with van der Waals surface area (Å²) >= 11 is 0. The van der Waals surface area contributed by atoms with Crippen LogP contribution < -0.4 is 0 Å². The highest BCUT2D eigenvalue weighted by atomic mass is 16.2. The zero-order valence-corrected chi connectivity index (χ0v) is 10.0. The molecule has 1 saturated carbocycles. The van der Waals surface area contributed by atoms with Crippen LogP contribution in [0.3, 0.4) is 0 Å². The number of hydrogen-bond acceptors (Lipinski definition) is 2. The summed E-state index contributed by atoms with van der Waals surface area (Å²) in [7, 11) is 0. The van der Waals surface area contributed by atoms with E-state index >= 15 is 0 Å². The minimum atomic E-state index is 0.000417. The Morgan fingerprint density at radius 1 is 1.65 bits per heavy atom. The first kappa shape index (κ1) is 11.7. The molecule has 88 valence electrons. The molecule has 0 spiro atoms. The van der Waals surface area contributed by atoms with Crippen LogP contribution in [0, 0.1) is 25.2 Å². The number of aromatic nitrogens is 1. The maximum atomic E-state index is 12.3. The predicted octanol–water partition coefficient (Wildman–Crippen LogP) is 1.88. The quantitative estimate of drug-likeness (QED) is 0.737. The summed E-state index contributed by atoms with van der Waals surface area (Å²) in [4.78, 5) is 18.2. The largest absolute Gasteiger partial charge is 0.327 e. The lowest BCUT2D eigenvalue weighted by atomic mass is 10.1. The number of rotatable bonds is 4. The molecule has 3 nitrogen and oxygen atoms in total. The lowest BCUT2D eigenvalue weighted by molar-refractivity contribution is 0.0768. The van der Waals surface area contributed by atoms with Gasteiger partial charge in [-0.3, -0.25) is 9.78 Å². The standard InChI is InChI=1S/C14H16N2O/c1-3-9-16(10-12-6-7-12)14(17)13-5-4-8-15-11(13)2/h1,4-5,8,12H,6-7,9-10H2,2H3. The normalized spacial score (nSPS) is 14.1. The van der Waals surface area contributed by atoms with Crippen LogP contribution in [0.15, 0.2) is 18.3 Å². The second-order valence-electron chi connectivity index (χ2n) is 4.47. The van der Waals surface area contributed by atoms with Gasteiger partial charge in [-0.2, -0.15) is 0 Å². The third-order valence-electron chi connectivity index (χ3n) is 2.98. The first-order chi connectivity index (χ1) is 8.22. The summed E-state index contributed by atoms with van der Waals surface area (Å²) < 4.78 is 0. The molecular formula is C14H16N2O. The fraction of sp³-hybridized carbons (Fsp3) is 0.429. The summed E-state index contributed by atoms with van der Waals surface area (Å²) in [5.41, 5.74) is 1.42. The molecule has 1 aromatic rings. The molecule has 0 saturated heterocycles. The molecule has 0 N–H and O–H groups in total. The fourth-order valence-corrected chi connectivity index (χ4v) is 1.82. The van der Waals surface area contributed by atoms with E-state index in [9.17, 15) is 4.79 Å². The number of terminal acetylenes is 1. The Labute approximate surface area is 102 Å². The molecule has 0 aliphatic heterocycles. The SMILES string of the molecule is C#CCN(CC1CC1)C(=O)c1cccnc1C. The minimum absolute atomic E-state index is 0.000417. The summed E-state index contributed by atoms with van der Waals surface area (Å²) in [5, 5.41) is 0. The maximum absolute atomic E-state index is 12.3. The Kier molecular flexibility index (Phi) is 3.43. The van der Waals surface area contributed by atoms with E-state index in [-0.39, 0.29) is 5.91 Å². The Morgan fingerprint density at radius 3 is 3.00 bits per heavy atom. The van der Waals surface area contributed by atoms with E-state index in [4.69, 9.17) is 6.42 Å². The number of carbonyl (C=O) groups excluding carboxylic acids is 1. The van der Waals surface area contributed by atoms with Gasteiger partial charge in [-0.25, -0.2) is 0 Å². The topological polar surface area (TPSA) is 33.2 Å². The van der Waals surface area contributed by atoms with E-state index in [2.05, 4.69) is 10.9 Å². The van der Waals surface area contributed by atoms with Gasteiger partial charge in [-0.1, -0.05) is 5.92 Å². The molecule has 1 aliphatic carbocycles. The molecular weight excluding hydrogens is 212 g/mol. The van der Waals surface area contributed by atoms with Crippen molar-refractivity contribution < 1.29 is 4.79 Å². The van der Waals surface area contributed by atoms with Crippen molar-refractivity contribution in [1.29, 1.82) is 0 Å². The monoisotopic (exact) mass is 228 g/mol. The van der Waals surface area contributed by atoms with Crippen LogP contribution in [0.4, 0.5) is 0 Å². The number of aryl methyl sites for hydroxylation is 1. The van der Waals surface area contributed by atoms with Gasteiger partial charge in [-0.15, -0.1) is 6.42 Å². The molecule has 3 heteroatoms. The summed E-state index contributed by atoms with van der Waals surface area (Å²) in [6.07, 6.45) is 9.43. The van der Waals surface area contributed by atoms with Gasteiger partial charge in [0, 0.05) is 18.4 Å². The number of nitrogens with zero attached hydrogens (tertiary/aromatic N) is 2. The molecule has 1 aliphatic rings. The van der Waals surface area contributed by atoms with Gasteiger partial charge in [-0.05, 0) is 37.8 Å². The van der Waals surface area contributed by atoms with E-state index in [1.54, 1.807) is 23.2 Å². The van der Waals surface area contributed by atoms with E-state index in [0.717, 1.165) is 12.2 Å². The zero-order valence-electron chi connectivity index (χ0n) is 10.0. The lowest BCUT2D eigenvalue weighted by Gasteiger charge is -2.20. The Hall–Kier alpha value is -1.82. The molecule has 2 rings (SSSR count). The van der Waals surface area contributed by atoms with Crippen molar-refractivity contribution in [3.8, 4) is 12.3 Å². The van der Waals surface area contributed by atoms with Crippen molar-refractivity contribution in [2.24, 2.45) is 5.92 Å². The van der Waals surface area contributed by atoms with Crippen LogP contribution >= 0.6 is 0 Å². The van der Waals surface area contributed by atoms with Gasteiger partial charge in [0.1, 0.15) is 0 Å². The van der Waals surface area contributed by atoms with Crippen molar-refractivity contribution in [3.63, 3.8) is 0 Å². The summed E-state index contributed by atoms with van der Waals surface area (Å²) in [6, 6.07) is 3.59. The highest BCUT2D eigenvalue weighted by Gasteiger charge is 2.27. The number of pyridine rings is 1. The third-order valence-corrected chi connectivity index (χ3v) is 2.98. The summed E-state index contributed by atoms with van der Waals surface area (Å²) in [6.45, 7) is 3.00. The average molecular weight is 228 g/mol. The highest BCUT2D eigenvalue weighted by molar-refractivity contribution is 5.95. The van der Waals surface area contributed by atoms with Gasteiger partial charge < -0.3 is 4.90 Å². The van der Waals surface area contributed by atoms with Crippen LogP contribution in [0.1, 0.15) is 28.9 Å². The van der Waals surface area contributed by atoms with E-state index in [0.29, 0.717) is 18.0 Å². The first-order valence-corrected chi connectivity index (χ1v) is 5.86. The smallest absolute Gasteiger partial charge is 0.256 e. The van der Waals surface area contributed by atoms with Crippen molar-refractivity contribution in [2.45, 2.75) is 19.8 Å². The van der Waals surface area contributed by atoms with Crippen LogP contribution in [-0.2, 0) is 0 Å². The molecule has 0 aromatic carbocycles. The lowest BCUT2D eigenvalue weighted by Crippen LogP contribution is -2.33. The zero-order chi connectivity index (χ0) is 12.3.